The SMILES string of the molecule is C=CCOc1ccc(Br)cc1[C@H]1C(C#N)=C(N)Oc2cc(O)ccc21. The van der Waals surface area contributed by atoms with Crippen molar-refractivity contribution in [1.82, 2.24) is 0 Å². The number of rotatable bonds is 4. The first-order chi connectivity index (χ1) is 12.0. The summed E-state index contributed by atoms with van der Waals surface area (Å²) in [5.74, 6) is 0.640. The second-order valence-corrected chi connectivity index (χ2v) is 6.34. The van der Waals surface area contributed by atoms with Crippen molar-refractivity contribution in [3.05, 3.63) is 76.1 Å². The quantitative estimate of drug-likeness (QED) is 0.761. The van der Waals surface area contributed by atoms with E-state index in [0.717, 1.165) is 15.6 Å². The zero-order valence-corrected chi connectivity index (χ0v) is 14.8. The normalized spacial score (nSPS) is 15.8. The van der Waals surface area contributed by atoms with Gasteiger partial charge in [-0.3, -0.25) is 0 Å². The standard InChI is InChI=1S/C19H15BrN2O3/c1-2-7-24-16-6-3-11(20)8-14(16)18-13-5-4-12(23)9-17(13)25-19(22)15(18)10-21/h2-6,8-9,18,23H,1,7,22H2/t18-/m0/s1. The lowest BCUT2D eigenvalue weighted by Gasteiger charge is -2.27. The van der Waals surface area contributed by atoms with Crippen molar-refractivity contribution in [3.8, 4) is 23.3 Å². The Kier molecular flexibility index (Phi) is 4.68. The van der Waals surface area contributed by atoms with Gasteiger partial charge in [0.25, 0.3) is 0 Å². The average Bonchev–Trinajstić information content (AvgIpc) is 2.59. The lowest BCUT2D eigenvalue weighted by molar-refractivity contribution is 0.355. The highest BCUT2D eigenvalue weighted by Gasteiger charge is 2.32. The van der Waals surface area contributed by atoms with E-state index in [0.29, 0.717) is 23.7 Å². The van der Waals surface area contributed by atoms with Gasteiger partial charge in [-0.1, -0.05) is 34.7 Å². The Morgan fingerprint density at radius 2 is 2.12 bits per heavy atom. The molecule has 126 valence electrons. The minimum Gasteiger partial charge on any atom is -0.508 e. The van der Waals surface area contributed by atoms with Crippen LogP contribution in [0.1, 0.15) is 17.0 Å². The van der Waals surface area contributed by atoms with Gasteiger partial charge in [-0.05, 0) is 24.3 Å². The number of halogens is 1. The Labute approximate surface area is 153 Å². The van der Waals surface area contributed by atoms with Crippen LogP contribution in [-0.2, 0) is 0 Å². The molecular formula is C19H15BrN2O3. The molecule has 2 aromatic carbocycles. The number of fused-ring (bicyclic) bond motifs is 1. The maximum atomic E-state index is 9.72. The summed E-state index contributed by atoms with van der Waals surface area (Å²) in [6, 6.07) is 12.5. The Morgan fingerprint density at radius 3 is 2.84 bits per heavy atom. The largest absolute Gasteiger partial charge is 0.508 e. The van der Waals surface area contributed by atoms with Gasteiger partial charge in [0.05, 0.1) is 5.92 Å². The van der Waals surface area contributed by atoms with Crippen molar-refractivity contribution in [3.63, 3.8) is 0 Å². The number of nitriles is 1. The van der Waals surface area contributed by atoms with Crippen LogP contribution < -0.4 is 15.2 Å². The second kappa shape index (κ2) is 6.91. The monoisotopic (exact) mass is 398 g/mol. The van der Waals surface area contributed by atoms with Crippen molar-refractivity contribution in [2.75, 3.05) is 6.61 Å². The number of nitrogens with zero attached hydrogens (tertiary/aromatic N) is 1. The molecule has 0 saturated carbocycles. The Bertz CT molecular complexity index is 915. The van der Waals surface area contributed by atoms with Gasteiger partial charge in [0.2, 0.25) is 5.88 Å². The van der Waals surface area contributed by atoms with E-state index in [4.69, 9.17) is 15.2 Å². The molecule has 0 saturated heterocycles. The lowest BCUT2D eigenvalue weighted by atomic mass is 9.83. The molecule has 25 heavy (non-hydrogen) atoms. The molecule has 0 unspecified atom stereocenters. The molecule has 0 spiro atoms. The average molecular weight is 399 g/mol. The summed E-state index contributed by atoms with van der Waals surface area (Å²) in [6.45, 7) is 4.00. The second-order valence-electron chi connectivity index (χ2n) is 5.43. The van der Waals surface area contributed by atoms with E-state index in [1.165, 1.54) is 6.07 Å². The third-order valence-corrected chi connectivity index (χ3v) is 4.34. The molecule has 0 bridgehead atoms. The summed E-state index contributed by atoms with van der Waals surface area (Å²) in [5, 5.41) is 19.3. The summed E-state index contributed by atoms with van der Waals surface area (Å²) in [6.07, 6.45) is 1.65. The minimum atomic E-state index is -0.466. The van der Waals surface area contributed by atoms with Crippen LogP contribution in [0.2, 0.25) is 0 Å². The van der Waals surface area contributed by atoms with Gasteiger partial charge < -0.3 is 20.3 Å². The molecule has 6 heteroatoms. The van der Waals surface area contributed by atoms with Crippen LogP contribution >= 0.6 is 15.9 Å². The molecular weight excluding hydrogens is 384 g/mol. The van der Waals surface area contributed by atoms with Crippen molar-refractivity contribution >= 4 is 15.9 Å². The van der Waals surface area contributed by atoms with Crippen LogP contribution in [0.5, 0.6) is 17.2 Å². The topological polar surface area (TPSA) is 88.5 Å². The van der Waals surface area contributed by atoms with Crippen molar-refractivity contribution < 1.29 is 14.6 Å². The molecule has 1 atom stereocenters. The predicted octanol–water partition coefficient (Wildman–Crippen LogP) is 3.94. The summed E-state index contributed by atoms with van der Waals surface area (Å²) >= 11 is 3.46. The molecule has 0 fully saturated rings. The maximum absolute atomic E-state index is 9.72. The van der Waals surface area contributed by atoms with Gasteiger partial charge in [-0.2, -0.15) is 5.26 Å². The van der Waals surface area contributed by atoms with Gasteiger partial charge in [0.1, 0.15) is 35.5 Å². The molecule has 3 N–H and O–H groups in total. The Morgan fingerprint density at radius 1 is 1.32 bits per heavy atom. The third kappa shape index (κ3) is 3.19. The van der Waals surface area contributed by atoms with Gasteiger partial charge in [-0.25, -0.2) is 0 Å². The van der Waals surface area contributed by atoms with Gasteiger partial charge in [0.15, 0.2) is 0 Å². The first-order valence-corrected chi connectivity index (χ1v) is 8.28. The number of hydrogen-bond acceptors (Lipinski definition) is 5. The van der Waals surface area contributed by atoms with Crippen LogP contribution in [0.4, 0.5) is 0 Å². The Hall–Kier alpha value is -2.91. The van der Waals surface area contributed by atoms with Crippen molar-refractivity contribution in [2.45, 2.75) is 5.92 Å². The highest BCUT2D eigenvalue weighted by Crippen LogP contribution is 2.46. The van der Waals surface area contributed by atoms with Gasteiger partial charge >= 0.3 is 0 Å². The van der Waals surface area contributed by atoms with E-state index in [9.17, 15) is 10.4 Å². The maximum Gasteiger partial charge on any atom is 0.205 e. The third-order valence-electron chi connectivity index (χ3n) is 3.84. The van der Waals surface area contributed by atoms with E-state index in [1.807, 2.05) is 18.2 Å². The van der Waals surface area contributed by atoms with Crippen LogP contribution in [0.15, 0.2) is 65.0 Å². The van der Waals surface area contributed by atoms with Crippen LogP contribution in [-0.4, -0.2) is 11.7 Å². The van der Waals surface area contributed by atoms with Gasteiger partial charge in [-0.15, -0.1) is 0 Å². The minimum absolute atomic E-state index is 0.0141. The molecule has 1 aliphatic heterocycles. The zero-order chi connectivity index (χ0) is 18.0. The molecule has 0 aliphatic carbocycles. The van der Waals surface area contributed by atoms with Crippen molar-refractivity contribution in [1.29, 1.82) is 5.26 Å². The number of benzene rings is 2. The molecule has 2 aromatic rings. The zero-order valence-electron chi connectivity index (χ0n) is 13.2. The van der Waals surface area contributed by atoms with E-state index < -0.39 is 5.92 Å². The molecule has 5 nitrogen and oxygen atoms in total. The molecule has 0 amide bonds. The molecule has 1 aliphatic rings. The number of phenolic OH excluding ortho intramolecular Hbond substituents is 1. The van der Waals surface area contributed by atoms with E-state index in [2.05, 4.69) is 28.6 Å². The highest BCUT2D eigenvalue weighted by atomic mass is 79.9. The predicted molar refractivity (Wildman–Crippen MR) is 97.2 cm³/mol. The fourth-order valence-corrected chi connectivity index (χ4v) is 3.17. The van der Waals surface area contributed by atoms with Gasteiger partial charge in [0, 0.05) is 21.7 Å². The summed E-state index contributed by atoms with van der Waals surface area (Å²) in [5.41, 5.74) is 7.74. The molecule has 3 rings (SSSR count). The highest BCUT2D eigenvalue weighted by molar-refractivity contribution is 9.10. The van der Waals surface area contributed by atoms with Crippen molar-refractivity contribution in [2.24, 2.45) is 5.73 Å². The summed E-state index contributed by atoms with van der Waals surface area (Å²) < 4.78 is 12.1. The number of ether oxygens (including phenoxy) is 2. The smallest absolute Gasteiger partial charge is 0.205 e. The molecule has 0 aromatic heterocycles. The fraction of sp³-hybridized carbons (Fsp3) is 0.105. The van der Waals surface area contributed by atoms with E-state index in [1.54, 1.807) is 18.2 Å². The number of phenols is 1. The Balaban J connectivity index is 2.23. The van der Waals surface area contributed by atoms with Crippen LogP contribution in [0, 0.1) is 11.3 Å². The summed E-state index contributed by atoms with van der Waals surface area (Å²) in [4.78, 5) is 0. The first kappa shape index (κ1) is 16.9. The lowest BCUT2D eigenvalue weighted by Crippen LogP contribution is -2.21. The number of hydrogen-bond donors (Lipinski definition) is 2. The van der Waals surface area contributed by atoms with Crippen LogP contribution in [0.3, 0.4) is 0 Å². The van der Waals surface area contributed by atoms with Crippen LogP contribution in [0.25, 0.3) is 0 Å². The molecule has 1 heterocycles. The van der Waals surface area contributed by atoms with E-state index in [-0.39, 0.29) is 11.6 Å². The van der Waals surface area contributed by atoms with E-state index >= 15 is 0 Å². The fourth-order valence-electron chi connectivity index (χ4n) is 2.79. The molecule has 0 radical (unpaired) electrons. The number of nitrogens with two attached hydrogens (primary N) is 1. The summed E-state index contributed by atoms with van der Waals surface area (Å²) in [7, 11) is 0. The number of allylic oxidation sites excluding steroid dienone is 1. The number of aromatic hydroxyl groups is 1. The first-order valence-electron chi connectivity index (χ1n) is 7.48.